The minimum atomic E-state index is -3.46. The Kier molecular flexibility index (Phi) is 4.82. The van der Waals surface area contributed by atoms with E-state index in [2.05, 4.69) is 11.5 Å². The summed E-state index contributed by atoms with van der Waals surface area (Å²) in [4.78, 5) is 14.8. The average Bonchev–Trinajstić information content (AvgIpc) is 2.47. The first-order chi connectivity index (χ1) is 10.3. The number of hydrogen-bond acceptors (Lipinski definition) is 6. The van der Waals surface area contributed by atoms with Gasteiger partial charge in [-0.1, -0.05) is 6.08 Å². The van der Waals surface area contributed by atoms with Gasteiger partial charge in [0.05, 0.1) is 9.82 Å². The lowest BCUT2D eigenvalue weighted by Gasteiger charge is -2.35. The summed E-state index contributed by atoms with van der Waals surface area (Å²) < 4.78 is 23.1. The molecule has 0 aliphatic carbocycles. The Hall–Kier alpha value is -1.93. The first-order valence-electron chi connectivity index (χ1n) is 6.89. The van der Waals surface area contributed by atoms with Crippen molar-refractivity contribution < 1.29 is 13.3 Å². The van der Waals surface area contributed by atoms with Crippen LogP contribution >= 0.6 is 0 Å². The number of nitrogens with zero attached hydrogens (tertiary/aromatic N) is 3. The summed E-state index contributed by atoms with van der Waals surface area (Å²) >= 11 is 0. The number of hydrogen-bond donors (Lipinski definition) is 0. The summed E-state index contributed by atoms with van der Waals surface area (Å²) in [5.41, 5.74) is 0.302. The van der Waals surface area contributed by atoms with Crippen molar-refractivity contribution in [3.8, 4) is 0 Å². The third kappa shape index (κ3) is 3.63. The molecule has 0 N–H and O–H groups in total. The van der Waals surface area contributed by atoms with E-state index in [-0.39, 0.29) is 10.6 Å². The van der Waals surface area contributed by atoms with Gasteiger partial charge in [0.15, 0.2) is 9.84 Å². The fourth-order valence-corrected chi connectivity index (χ4v) is 3.14. The molecule has 2 rings (SSSR count). The molecule has 1 heterocycles. The average molecular weight is 325 g/mol. The van der Waals surface area contributed by atoms with Gasteiger partial charge in [0.1, 0.15) is 5.69 Å². The lowest BCUT2D eigenvalue weighted by molar-refractivity contribution is -0.384. The molecule has 0 unspecified atom stereocenters. The molecule has 7 nitrogen and oxygen atoms in total. The van der Waals surface area contributed by atoms with Gasteiger partial charge in [-0.25, -0.2) is 8.42 Å². The maximum absolute atomic E-state index is 11.6. The van der Waals surface area contributed by atoms with Crippen LogP contribution < -0.4 is 4.90 Å². The Morgan fingerprint density at radius 2 is 1.95 bits per heavy atom. The van der Waals surface area contributed by atoms with Gasteiger partial charge in [-0.3, -0.25) is 15.0 Å². The molecule has 1 fully saturated rings. The quantitative estimate of drug-likeness (QED) is 0.461. The first kappa shape index (κ1) is 16.4. The van der Waals surface area contributed by atoms with Crippen molar-refractivity contribution in [3.63, 3.8) is 0 Å². The molecule has 1 aliphatic heterocycles. The maximum Gasteiger partial charge on any atom is 0.293 e. The minimum absolute atomic E-state index is 0.0340. The lowest BCUT2D eigenvalue weighted by atomic mass is 10.2. The fraction of sp³-hybridized carbons (Fsp3) is 0.429. The summed E-state index contributed by atoms with van der Waals surface area (Å²) in [6.07, 6.45) is 2.87. The highest BCUT2D eigenvalue weighted by Gasteiger charge is 2.25. The Bertz CT molecular complexity index is 679. The van der Waals surface area contributed by atoms with Crippen LogP contribution in [0, 0.1) is 10.1 Å². The molecule has 1 aliphatic rings. The molecule has 0 saturated carbocycles. The second-order valence-electron chi connectivity index (χ2n) is 5.26. The van der Waals surface area contributed by atoms with E-state index in [4.69, 9.17) is 0 Å². The van der Waals surface area contributed by atoms with Crippen molar-refractivity contribution in [2.75, 3.05) is 43.9 Å². The fourth-order valence-electron chi connectivity index (χ4n) is 2.50. The van der Waals surface area contributed by atoms with Crippen molar-refractivity contribution in [2.45, 2.75) is 4.90 Å². The number of rotatable bonds is 5. The highest BCUT2D eigenvalue weighted by Crippen LogP contribution is 2.31. The number of piperazine rings is 1. The van der Waals surface area contributed by atoms with Gasteiger partial charge in [0.2, 0.25) is 0 Å². The topological polar surface area (TPSA) is 83.8 Å². The molecular weight excluding hydrogens is 306 g/mol. The van der Waals surface area contributed by atoms with Crippen molar-refractivity contribution >= 4 is 21.2 Å². The van der Waals surface area contributed by atoms with Gasteiger partial charge >= 0.3 is 0 Å². The lowest BCUT2D eigenvalue weighted by Crippen LogP contribution is -2.46. The molecule has 1 aromatic rings. The molecule has 120 valence electrons. The second-order valence-corrected chi connectivity index (χ2v) is 7.27. The normalized spacial score (nSPS) is 16.5. The van der Waals surface area contributed by atoms with Crippen molar-refractivity contribution in [1.29, 1.82) is 0 Å². The monoisotopic (exact) mass is 325 g/mol. The molecule has 0 atom stereocenters. The highest BCUT2D eigenvalue weighted by molar-refractivity contribution is 7.90. The van der Waals surface area contributed by atoms with Gasteiger partial charge in [-0.2, -0.15) is 0 Å². The van der Waals surface area contributed by atoms with E-state index >= 15 is 0 Å². The Balaban J connectivity index is 2.28. The van der Waals surface area contributed by atoms with Crippen LogP contribution in [0.2, 0.25) is 0 Å². The van der Waals surface area contributed by atoms with Crippen molar-refractivity contribution in [2.24, 2.45) is 0 Å². The molecule has 0 radical (unpaired) electrons. The van der Waals surface area contributed by atoms with E-state index in [1.54, 1.807) is 0 Å². The molecule has 0 amide bonds. The van der Waals surface area contributed by atoms with E-state index < -0.39 is 14.8 Å². The van der Waals surface area contributed by atoms with Gasteiger partial charge in [-0.15, -0.1) is 6.58 Å². The van der Waals surface area contributed by atoms with Crippen molar-refractivity contribution in [1.82, 2.24) is 4.90 Å². The summed E-state index contributed by atoms with van der Waals surface area (Å²) in [7, 11) is -3.46. The van der Waals surface area contributed by atoms with Crippen LogP contribution in [0.4, 0.5) is 11.4 Å². The zero-order valence-corrected chi connectivity index (χ0v) is 13.3. The molecule has 0 bridgehead atoms. The molecule has 22 heavy (non-hydrogen) atoms. The van der Waals surface area contributed by atoms with Crippen LogP contribution in [-0.2, 0) is 9.84 Å². The number of anilines is 1. The second kappa shape index (κ2) is 6.45. The summed E-state index contributed by atoms with van der Waals surface area (Å²) in [6, 6.07) is 4.09. The number of nitro benzene ring substituents is 1. The molecule has 8 heteroatoms. The minimum Gasteiger partial charge on any atom is -0.363 e. The van der Waals surface area contributed by atoms with Crippen molar-refractivity contribution in [3.05, 3.63) is 41.0 Å². The van der Waals surface area contributed by atoms with Crippen LogP contribution in [0.15, 0.2) is 35.7 Å². The number of sulfone groups is 1. The summed E-state index contributed by atoms with van der Waals surface area (Å²) in [5, 5.41) is 11.3. The van der Waals surface area contributed by atoms with Crippen LogP contribution in [0.25, 0.3) is 0 Å². The van der Waals surface area contributed by atoms with E-state index in [9.17, 15) is 18.5 Å². The largest absolute Gasteiger partial charge is 0.363 e. The Morgan fingerprint density at radius 1 is 1.32 bits per heavy atom. The van der Waals surface area contributed by atoms with Gasteiger partial charge < -0.3 is 4.90 Å². The van der Waals surface area contributed by atoms with Gasteiger partial charge in [0, 0.05) is 45.0 Å². The first-order valence-corrected chi connectivity index (χ1v) is 8.79. The predicted octanol–water partition coefficient (Wildman–Crippen LogP) is 1.31. The molecule has 0 spiro atoms. The van der Waals surface area contributed by atoms with Crippen LogP contribution in [-0.4, -0.2) is 57.2 Å². The van der Waals surface area contributed by atoms with E-state index in [0.717, 1.165) is 32.0 Å². The van der Waals surface area contributed by atoms with Crippen LogP contribution in [0.3, 0.4) is 0 Å². The van der Waals surface area contributed by atoms with E-state index in [0.29, 0.717) is 18.8 Å². The number of nitro groups is 1. The Labute approximate surface area is 129 Å². The standard InChI is InChI=1S/C14H19N3O4S/c1-3-6-15-7-9-16(10-8-15)13-5-4-12(22(2,20)21)11-14(13)17(18)19/h3-5,11H,1,6-10H2,2H3. The smallest absolute Gasteiger partial charge is 0.293 e. The third-order valence-electron chi connectivity index (χ3n) is 3.67. The summed E-state index contributed by atoms with van der Waals surface area (Å²) in [6.45, 7) is 7.39. The van der Waals surface area contributed by atoms with E-state index in [1.807, 2.05) is 11.0 Å². The highest BCUT2D eigenvalue weighted by atomic mass is 32.2. The SMILES string of the molecule is C=CCN1CCN(c2ccc(S(C)(=O)=O)cc2[N+](=O)[O-])CC1. The summed E-state index contributed by atoms with van der Waals surface area (Å²) in [5.74, 6) is 0. The Morgan fingerprint density at radius 3 is 2.45 bits per heavy atom. The van der Waals surface area contributed by atoms with Gasteiger partial charge in [0.25, 0.3) is 5.69 Å². The van der Waals surface area contributed by atoms with Gasteiger partial charge in [-0.05, 0) is 12.1 Å². The third-order valence-corrected chi connectivity index (χ3v) is 4.78. The predicted molar refractivity (Wildman–Crippen MR) is 85.1 cm³/mol. The van der Waals surface area contributed by atoms with Crippen LogP contribution in [0.1, 0.15) is 0 Å². The van der Waals surface area contributed by atoms with E-state index in [1.165, 1.54) is 12.1 Å². The molecular formula is C14H19N3O4S. The molecule has 1 saturated heterocycles. The van der Waals surface area contributed by atoms with Crippen LogP contribution in [0.5, 0.6) is 0 Å². The molecule has 0 aromatic heterocycles. The number of benzene rings is 1. The zero-order valence-electron chi connectivity index (χ0n) is 12.4. The zero-order chi connectivity index (χ0) is 16.3. The maximum atomic E-state index is 11.6. The molecule has 1 aromatic carbocycles.